The molecule has 0 saturated carbocycles. The van der Waals surface area contributed by atoms with Gasteiger partial charge in [-0.2, -0.15) is 9.97 Å². The third-order valence-electron chi connectivity index (χ3n) is 3.79. The molecule has 0 fully saturated rings. The van der Waals surface area contributed by atoms with E-state index in [0.717, 1.165) is 5.69 Å². The fraction of sp³-hybridized carbons (Fsp3) is 0.250. The van der Waals surface area contributed by atoms with Crippen molar-refractivity contribution in [2.24, 2.45) is 0 Å². The number of benzene rings is 1. The summed E-state index contributed by atoms with van der Waals surface area (Å²) in [7, 11) is 0. The average molecular weight is 341 g/mol. The van der Waals surface area contributed by atoms with Crippen molar-refractivity contribution in [3.8, 4) is 0 Å². The lowest BCUT2D eigenvalue weighted by atomic mass is 9.97. The second-order valence-corrected chi connectivity index (χ2v) is 5.86. The molecule has 0 amide bonds. The first-order valence-electron chi connectivity index (χ1n) is 7.61. The normalized spacial score (nSPS) is 13.6. The van der Waals surface area contributed by atoms with E-state index in [9.17, 15) is 10.2 Å². The highest BCUT2D eigenvalue weighted by atomic mass is 16.3. The molecule has 1 aromatic carbocycles. The van der Waals surface area contributed by atoms with Crippen LogP contribution in [-0.4, -0.2) is 36.8 Å². The molecule has 0 spiro atoms. The second-order valence-electron chi connectivity index (χ2n) is 5.86. The van der Waals surface area contributed by atoms with Crippen molar-refractivity contribution in [1.82, 2.24) is 19.9 Å². The van der Waals surface area contributed by atoms with Gasteiger partial charge in [-0.05, 0) is 24.6 Å². The van der Waals surface area contributed by atoms with Crippen molar-refractivity contribution in [3.63, 3.8) is 0 Å². The Bertz CT molecular complexity index is 897. The van der Waals surface area contributed by atoms with Crippen LogP contribution in [0.5, 0.6) is 0 Å². The third-order valence-corrected chi connectivity index (χ3v) is 3.79. The van der Waals surface area contributed by atoms with Gasteiger partial charge in [0.1, 0.15) is 5.60 Å². The summed E-state index contributed by atoms with van der Waals surface area (Å²) in [6.07, 6.45) is 1.59. The molecule has 9 nitrogen and oxygen atoms in total. The van der Waals surface area contributed by atoms with Gasteiger partial charge in [-0.3, -0.25) is 0 Å². The zero-order valence-corrected chi connectivity index (χ0v) is 13.6. The molecule has 1 unspecified atom stereocenters. The van der Waals surface area contributed by atoms with E-state index in [1.54, 1.807) is 25.3 Å². The minimum absolute atomic E-state index is 0.0593. The zero-order chi connectivity index (χ0) is 18.0. The number of aromatic nitrogens is 4. The molecule has 2 aromatic heterocycles. The van der Waals surface area contributed by atoms with E-state index < -0.39 is 5.60 Å². The number of nitrogen functional groups attached to an aromatic ring is 2. The van der Waals surface area contributed by atoms with Crippen LogP contribution >= 0.6 is 0 Å². The molecule has 3 aromatic rings. The van der Waals surface area contributed by atoms with Gasteiger partial charge >= 0.3 is 0 Å². The summed E-state index contributed by atoms with van der Waals surface area (Å²) in [5, 5.41) is 22.4. The molecule has 25 heavy (non-hydrogen) atoms. The highest BCUT2D eigenvalue weighted by Crippen LogP contribution is 2.22. The van der Waals surface area contributed by atoms with Gasteiger partial charge in [-0.15, -0.1) is 0 Å². The molecule has 130 valence electrons. The fourth-order valence-corrected chi connectivity index (χ4v) is 2.30. The lowest BCUT2D eigenvalue weighted by molar-refractivity contribution is -0.00226. The molecule has 0 saturated heterocycles. The van der Waals surface area contributed by atoms with Crippen LogP contribution in [0.15, 0.2) is 30.5 Å². The van der Waals surface area contributed by atoms with E-state index in [4.69, 9.17) is 11.5 Å². The summed E-state index contributed by atoms with van der Waals surface area (Å²) in [5.41, 5.74) is 13.0. The van der Waals surface area contributed by atoms with Gasteiger partial charge in [-0.25, -0.2) is 9.97 Å². The maximum absolute atomic E-state index is 10.0. The van der Waals surface area contributed by atoms with Crippen LogP contribution in [-0.2, 0) is 12.1 Å². The molecule has 9 heteroatoms. The van der Waals surface area contributed by atoms with Gasteiger partial charge in [-0.1, -0.05) is 12.1 Å². The monoisotopic (exact) mass is 341 g/mol. The number of hydrogen-bond acceptors (Lipinski definition) is 9. The number of aliphatic hydroxyl groups is 2. The number of nitrogens with two attached hydrogens (primary N) is 2. The second kappa shape index (κ2) is 6.46. The Labute approximate surface area is 143 Å². The first-order chi connectivity index (χ1) is 11.9. The molecule has 3 rings (SSSR count). The minimum atomic E-state index is -1.26. The molecule has 0 aliphatic rings. The fourth-order valence-electron chi connectivity index (χ4n) is 2.30. The topological polar surface area (TPSA) is 156 Å². The van der Waals surface area contributed by atoms with E-state index in [-0.39, 0.29) is 18.4 Å². The van der Waals surface area contributed by atoms with E-state index in [0.29, 0.717) is 29.0 Å². The summed E-state index contributed by atoms with van der Waals surface area (Å²) >= 11 is 0. The summed E-state index contributed by atoms with van der Waals surface area (Å²) in [6.45, 7) is 1.63. The van der Waals surface area contributed by atoms with Gasteiger partial charge in [0.2, 0.25) is 5.95 Å². The SMILES string of the molecule is CC(O)(CO)c1ccc(NCc2cnc3nc(N)nc(N)c3n2)cc1. The van der Waals surface area contributed by atoms with Crippen LogP contribution in [0.1, 0.15) is 18.2 Å². The first-order valence-corrected chi connectivity index (χ1v) is 7.61. The predicted octanol–water partition coefficient (Wildman–Crippen LogP) is 0.396. The summed E-state index contributed by atoms with van der Waals surface area (Å²) in [5.74, 6) is 0.247. The Morgan fingerprint density at radius 1 is 1.12 bits per heavy atom. The maximum Gasteiger partial charge on any atom is 0.224 e. The third kappa shape index (κ3) is 3.57. The standard InChI is InChI=1S/C16H19N7O2/c1-16(25,8-24)9-2-4-10(5-3-9)19-6-11-7-20-14-12(21-11)13(17)22-15(18)23-14/h2-5,7,19,24-25H,6,8H2,1H3,(H4,17,18,20,22,23). The summed E-state index contributed by atoms with van der Waals surface area (Å²) in [6, 6.07) is 7.12. The number of hydrogen-bond donors (Lipinski definition) is 5. The van der Waals surface area contributed by atoms with Gasteiger partial charge in [0, 0.05) is 5.69 Å². The summed E-state index contributed by atoms with van der Waals surface area (Å²) in [4.78, 5) is 16.5. The van der Waals surface area contributed by atoms with Crippen molar-refractivity contribution in [2.45, 2.75) is 19.1 Å². The number of nitrogens with one attached hydrogen (secondary N) is 1. The van der Waals surface area contributed by atoms with Gasteiger partial charge in [0.05, 0.1) is 25.0 Å². The Kier molecular flexibility index (Phi) is 4.34. The van der Waals surface area contributed by atoms with E-state index in [2.05, 4.69) is 25.3 Å². The lowest BCUT2D eigenvalue weighted by Crippen LogP contribution is -2.25. The molecule has 7 N–H and O–H groups in total. The van der Waals surface area contributed by atoms with Crippen molar-refractivity contribution in [1.29, 1.82) is 0 Å². The van der Waals surface area contributed by atoms with Crippen LogP contribution in [0.2, 0.25) is 0 Å². The molecule has 0 aliphatic heterocycles. The van der Waals surface area contributed by atoms with Gasteiger partial charge in [0.25, 0.3) is 0 Å². The molecule has 1 atom stereocenters. The van der Waals surface area contributed by atoms with Gasteiger partial charge in [0.15, 0.2) is 17.0 Å². The quantitative estimate of drug-likeness (QED) is 0.443. The van der Waals surface area contributed by atoms with E-state index in [1.807, 2.05) is 12.1 Å². The first kappa shape index (κ1) is 16.8. The summed E-state index contributed by atoms with van der Waals surface area (Å²) < 4.78 is 0. The van der Waals surface area contributed by atoms with Crippen LogP contribution in [0, 0.1) is 0 Å². The number of fused-ring (bicyclic) bond motifs is 1. The van der Waals surface area contributed by atoms with Crippen LogP contribution in [0.4, 0.5) is 17.5 Å². The van der Waals surface area contributed by atoms with E-state index in [1.165, 1.54) is 0 Å². The van der Waals surface area contributed by atoms with Crippen molar-refractivity contribution in [3.05, 3.63) is 41.7 Å². The van der Waals surface area contributed by atoms with Crippen molar-refractivity contribution in [2.75, 3.05) is 23.4 Å². The molecule has 0 aliphatic carbocycles. The molecule has 0 radical (unpaired) electrons. The number of anilines is 3. The Morgan fingerprint density at radius 2 is 1.84 bits per heavy atom. The Hall–Kier alpha value is -3.04. The smallest absolute Gasteiger partial charge is 0.224 e. The number of rotatable bonds is 5. The van der Waals surface area contributed by atoms with E-state index >= 15 is 0 Å². The van der Waals surface area contributed by atoms with Crippen LogP contribution in [0.3, 0.4) is 0 Å². The Balaban J connectivity index is 1.74. The predicted molar refractivity (Wildman–Crippen MR) is 94.4 cm³/mol. The number of aliphatic hydroxyl groups excluding tert-OH is 1. The highest BCUT2D eigenvalue weighted by Gasteiger charge is 2.21. The molecular formula is C16H19N7O2. The molecular weight excluding hydrogens is 322 g/mol. The largest absolute Gasteiger partial charge is 0.393 e. The van der Waals surface area contributed by atoms with Crippen molar-refractivity contribution >= 4 is 28.6 Å². The Morgan fingerprint density at radius 3 is 2.52 bits per heavy atom. The highest BCUT2D eigenvalue weighted by molar-refractivity contribution is 5.81. The maximum atomic E-state index is 10.0. The zero-order valence-electron chi connectivity index (χ0n) is 13.6. The van der Waals surface area contributed by atoms with Crippen LogP contribution < -0.4 is 16.8 Å². The molecule has 2 heterocycles. The lowest BCUT2D eigenvalue weighted by Gasteiger charge is -2.21. The molecule has 0 bridgehead atoms. The van der Waals surface area contributed by atoms with Crippen LogP contribution in [0.25, 0.3) is 11.2 Å². The number of nitrogens with zero attached hydrogens (tertiary/aromatic N) is 4. The minimum Gasteiger partial charge on any atom is -0.393 e. The van der Waals surface area contributed by atoms with Gasteiger partial charge < -0.3 is 27.0 Å². The van der Waals surface area contributed by atoms with Crippen molar-refractivity contribution < 1.29 is 10.2 Å². The average Bonchev–Trinajstić information content (AvgIpc) is 2.60.